The summed E-state index contributed by atoms with van der Waals surface area (Å²) in [5.74, 6) is 0. The van der Waals surface area contributed by atoms with Crippen molar-refractivity contribution in [3.63, 3.8) is 0 Å². The first kappa shape index (κ1) is 22.2. The molecule has 3 heterocycles. The lowest BCUT2D eigenvalue weighted by Gasteiger charge is -2.13. The van der Waals surface area contributed by atoms with Crippen molar-refractivity contribution in [2.45, 2.75) is 25.3 Å². The van der Waals surface area contributed by atoms with E-state index in [1.54, 1.807) is 35.0 Å². The van der Waals surface area contributed by atoms with Gasteiger partial charge in [0.05, 0.1) is 22.0 Å². The van der Waals surface area contributed by atoms with Crippen molar-refractivity contribution in [1.82, 2.24) is 23.9 Å². The number of anilines is 1. The first-order valence-electron chi connectivity index (χ1n) is 9.91. The summed E-state index contributed by atoms with van der Waals surface area (Å²) in [5.41, 5.74) is 5.42. The van der Waals surface area contributed by atoms with Crippen molar-refractivity contribution in [2.75, 3.05) is 19.4 Å². The molecule has 32 heavy (non-hydrogen) atoms. The number of rotatable bonds is 6. The van der Waals surface area contributed by atoms with Gasteiger partial charge in [-0.25, -0.2) is 22.2 Å². The summed E-state index contributed by atoms with van der Waals surface area (Å²) < 4.78 is 28.1. The summed E-state index contributed by atoms with van der Waals surface area (Å²) in [7, 11) is -0.566. The zero-order valence-electron chi connectivity index (χ0n) is 18.2. The Balaban J connectivity index is 1.79. The maximum absolute atomic E-state index is 12.6. The number of nitrogens with zero attached hydrogens (tertiary/aromatic N) is 5. The molecule has 0 radical (unpaired) electrons. The minimum atomic E-state index is -3.58. The summed E-state index contributed by atoms with van der Waals surface area (Å²) in [6.45, 7) is 4.37. The van der Waals surface area contributed by atoms with Gasteiger partial charge in [0.25, 0.3) is 0 Å². The van der Waals surface area contributed by atoms with Gasteiger partial charge >= 0.3 is 0 Å². The molecule has 0 amide bonds. The predicted molar refractivity (Wildman–Crippen MR) is 125 cm³/mol. The second-order valence-corrected chi connectivity index (χ2v) is 10.2. The van der Waals surface area contributed by atoms with Gasteiger partial charge in [-0.15, -0.1) is 0 Å². The number of aryl methyl sites for hydroxylation is 2. The Labute approximate surface area is 191 Å². The summed E-state index contributed by atoms with van der Waals surface area (Å²) in [4.78, 5) is 9.11. The van der Waals surface area contributed by atoms with E-state index < -0.39 is 10.0 Å². The molecule has 1 N–H and O–H groups in total. The van der Waals surface area contributed by atoms with Crippen LogP contribution in [-0.4, -0.2) is 46.4 Å². The van der Waals surface area contributed by atoms with Crippen molar-refractivity contribution in [3.8, 4) is 11.3 Å². The number of benzene rings is 1. The molecule has 0 bridgehead atoms. The molecule has 0 saturated heterocycles. The molecule has 0 saturated carbocycles. The van der Waals surface area contributed by atoms with Crippen molar-refractivity contribution in [3.05, 3.63) is 70.8 Å². The number of halogens is 1. The first-order valence-corrected chi connectivity index (χ1v) is 11.7. The Morgan fingerprint density at radius 2 is 1.91 bits per heavy atom. The monoisotopic (exact) mass is 470 g/mol. The summed E-state index contributed by atoms with van der Waals surface area (Å²) >= 11 is 6.33. The third-order valence-corrected chi connectivity index (χ3v) is 7.05. The Bertz CT molecular complexity index is 1420. The zero-order chi connectivity index (χ0) is 23.0. The molecule has 10 heteroatoms. The number of nitrogens with one attached hydrogen (secondary N) is 1. The van der Waals surface area contributed by atoms with Crippen LogP contribution in [0.15, 0.2) is 53.6 Å². The van der Waals surface area contributed by atoms with Gasteiger partial charge in [0.1, 0.15) is 0 Å². The van der Waals surface area contributed by atoms with E-state index in [4.69, 9.17) is 16.6 Å². The van der Waals surface area contributed by atoms with E-state index in [2.05, 4.69) is 15.4 Å². The molecule has 3 aromatic heterocycles. The molecular formula is C22H23ClN6O2S. The fraction of sp³-hybridized carbons (Fsp3) is 0.227. The molecule has 8 nitrogen and oxygen atoms in total. The fourth-order valence-electron chi connectivity index (χ4n) is 3.49. The summed E-state index contributed by atoms with van der Waals surface area (Å²) in [6, 6.07) is 12.4. The highest BCUT2D eigenvalue weighted by Gasteiger charge is 2.21. The molecule has 4 aromatic rings. The van der Waals surface area contributed by atoms with E-state index >= 15 is 0 Å². The topological polar surface area (TPSA) is 92.5 Å². The van der Waals surface area contributed by atoms with E-state index in [0.29, 0.717) is 34.3 Å². The van der Waals surface area contributed by atoms with Gasteiger partial charge in [-0.1, -0.05) is 23.7 Å². The van der Waals surface area contributed by atoms with Gasteiger partial charge in [-0.3, -0.25) is 4.98 Å². The zero-order valence-corrected chi connectivity index (χ0v) is 19.7. The van der Waals surface area contributed by atoms with Crippen LogP contribution in [0.4, 0.5) is 5.69 Å². The van der Waals surface area contributed by atoms with E-state index in [1.807, 2.05) is 32.0 Å². The second-order valence-electron chi connectivity index (χ2n) is 7.64. The first-order chi connectivity index (χ1) is 15.2. The number of pyridine rings is 1. The van der Waals surface area contributed by atoms with Crippen LogP contribution in [0.1, 0.15) is 17.0 Å². The SMILES string of the molecule is Cc1cc(CNc2cc(Cl)nn3c(-c4cccc(S(=O)(=O)N(C)C)c4)c(C)nc23)ccn1. The Kier molecular flexibility index (Phi) is 5.89. The highest BCUT2D eigenvalue weighted by Crippen LogP contribution is 2.30. The van der Waals surface area contributed by atoms with Crippen molar-refractivity contribution in [1.29, 1.82) is 0 Å². The predicted octanol–water partition coefficient (Wildman–Crippen LogP) is 3.92. The van der Waals surface area contributed by atoms with Gasteiger partial charge in [-0.2, -0.15) is 5.10 Å². The van der Waals surface area contributed by atoms with Gasteiger partial charge in [0, 0.05) is 44.2 Å². The molecule has 0 aliphatic rings. The van der Waals surface area contributed by atoms with Crippen molar-refractivity contribution >= 4 is 33.0 Å². The lowest BCUT2D eigenvalue weighted by Crippen LogP contribution is -2.22. The van der Waals surface area contributed by atoms with E-state index in [9.17, 15) is 8.42 Å². The fourth-order valence-corrected chi connectivity index (χ4v) is 4.62. The average molecular weight is 471 g/mol. The molecule has 0 fully saturated rings. The lowest BCUT2D eigenvalue weighted by molar-refractivity contribution is 0.521. The molecule has 0 aliphatic carbocycles. The maximum atomic E-state index is 12.6. The van der Waals surface area contributed by atoms with Crippen LogP contribution in [0, 0.1) is 13.8 Å². The van der Waals surface area contributed by atoms with E-state index in [-0.39, 0.29) is 4.90 Å². The van der Waals surface area contributed by atoms with E-state index in [1.165, 1.54) is 18.4 Å². The highest BCUT2D eigenvalue weighted by atomic mass is 35.5. The summed E-state index contributed by atoms with van der Waals surface area (Å²) in [5, 5.41) is 8.11. The minimum Gasteiger partial charge on any atom is -0.378 e. The molecule has 1 aromatic carbocycles. The largest absolute Gasteiger partial charge is 0.378 e. The Morgan fingerprint density at radius 3 is 2.62 bits per heavy atom. The quantitative estimate of drug-likeness (QED) is 0.459. The van der Waals surface area contributed by atoms with Crippen molar-refractivity contribution < 1.29 is 8.42 Å². The molecule has 166 valence electrons. The third-order valence-electron chi connectivity index (χ3n) is 5.06. The molecule has 0 spiro atoms. The van der Waals surface area contributed by atoms with Crippen LogP contribution >= 0.6 is 11.6 Å². The number of fused-ring (bicyclic) bond motifs is 1. The van der Waals surface area contributed by atoms with Crippen LogP contribution in [0.5, 0.6) is 0 Å². The third kappa shape index (κ3) is 4.19. The van der Waals surface area contributed by atoms with Crippen molar-refractivity contribution in [2.24, 2.45) is 0 Å². The molecule has 0 aliphatic heterocycles. The normalized spacial score (nSPS) is 11.9. The van der Waals surface area contributed by atoms with Gasteiger partial charge in [-0.05, 0) is 43.7 Å². The number of imidazole rings is 1. The standard InChI is InChI=1S/C22H23ClN6O2S/c1-14-10-16(8-9-24-14)13-25-19-12-20(23)27-29-21(15(2)26-22(19)29)17-6-5-7-18(11-17)32(30,31)28(3)4/h5-12,25H,13H2,1-4H3. The second kappa shape index (κ2) is 8.50. The maximum Gasteiger partial charge on any atom is 0.242 e. The van der Waals surface area contributed by atoms with E-state index in [0.717, 1.165) is 16.9 Å². The number of aromatic nitrogens is 4. The Hall–Kier alpha value is -3.01. The number of sulfonamides is 1. The van der Waals surface area contributed by atoms with Crippen LogP contribution in [0.25, 0.3) is 16.9 Å². The van der Waals surface area contributed by atoms with Gasteiger partial charge < -0.3 is 5.32 Å². The smallest absolute Gasteiger partial charge is 0.242 e. The van der Waals surface area contributed by atoms with Crippen LogP contribution in [-0.2, 0) is 16.6 Å². The van der Waals surface area contributed by atoms with Crippen LogP contribution < -0.4 is 5.32 Å². The molecule has 0 atom stereocenters. The Morgan fingerprint density at radius 1 is 1.12 bits per heavy atom. The van der Waals surface area contributed by atoms with Crippen LogP contribution in [0.3, 0.4) is 0 Å². The molecule has 0 unspecified atom stereocenters. The minimum absolute atomic E-state index is 0.197. The number of hydrogen-bond donors (Lipinski definition) is 1. The van der Waals surface area contributed by atoms with Crippen LogP contribution in [0.2, 0.25) is 5.15 Å². The number of hydrogen-bond acceptors (Lipinski definition) is 6. The lowest BCUT2D eigenvalue weighted by atomic mass is 10.1. The average Bonchev–Trinajstić information content (AvgIpc) is 3.07. The summed E-state index contributed by atoms with van der Waals surface area (Å²) in [6.07, 6.45) is 1.77. The van der Waals surface area contributed by atoms with Gasteiger partial charge in [0.2, 0.25) is 10.0 Å². The highest BCUT2D eigenvalue weighted by molar-refractivity contribution is 7.89. The molecule has 4 rings (SSSR count). The molecular weight excluding hydrogens is 448 g/mol. The van der Waals surface area contributed by atoms with Gasteiger partial charge in [0.15, 0.2) is 10.8 Å².